The highest BCUT2D eigenvalue weighted by atomic mass is 32.2. The second kappa shape index (κ2) is 5.69. The van der Waals surface area contributed by atoms with Crippen molar-refractivity contribution >= 4 is 35.0 Å². The third-order valence-electron chi connectivity index (χ3n) is 4.16. The normalized spacial score (nSPS) is 22.7. The van der Waals surface area contributed by atoms with Crippen LogP contribution in [0.5, 0.6) is 0 Å². The van der Waals surface area contributed by atoms with Gasteiger partial charge in [0.1, 0.15) is 11.5 Å². The standard InChI is InChI=1S/C17H15NO3S2/c1-10(19)21-14-9-23-17-12-5-3-2-4-11(12)16(20)18(17)8-15-13(14)6-7-22-15/h2-7,14,17H,8-9H2,1H3/t14-,17-/m0/s1. The van der Waals surface area contributed by atoms with Crippen molar-refractivity contribution < 1.29 is 14.3 Å². The molecule has 0 bridgehead atoms. The summed E-state index contributed by atoms with van der Waals surface area (Å²) < 4.78 is 5.52. The van der Waals surface area contributed by atoms with Gasteiger partial charge in [0.05, 0.1) is 6.54 Å². The van der Waals surface area contributed by atoms with Gasteiger partial charge in [0, 0.05) is 28.7 Å². The average Bonchev–Trinajstić information content (AvgIpc) is 3.07. The zero-order chi connectivity index (χ0) is 16.0. The number of hydrogen-bond acceptors (Lipinski definition) is 5. The molecule has 2 aliphatic heterocycles. The van der Waals surface area contributed by atoms with E-state index >= 15 is 0 Å². The van der Waals surface area contributed by atoms with Crippen LogP contribution in [0.1, 0.15) is 44.8 Å². The molecule has 0 fully saturated rings. The monoisotopic (exact) mass is 345 g/mol. The van der Waals surface area contributed by atoms with E-state index in [1.54, 1.807) is 23.1 Å². The Morgan fingerprint density at radius 1 is 1.26 bits per heavy atom. The summed E-state index contributed by atoms with van der Waals surface area (Å²) in [4.78, 5) is 27.2. The number of hydrogen-bond donors (Lipinski definition) is 0. The highest BCUT2D eigenvalue weighted by Gasteiger charge is 2.39. The molecule has 2 atom stereocenters. The van der Waals surface area contributed by atoms with Crippen molar-refractivity contribution in [2.24, 2.45) is 0 Å². The molecule has 0 aliphatic carbocycles. The summed E-state index contributed by atoms with van der Waals surface area (Å²) in [6, 6.07) is 9.78. The molecule has 3 heterocycles. The maximum Gasteiger partial charge on any atom is 0.303 e. The van der Waals surface area contributed by atoms with Crippen LogP contribution in [0.2, 0.25) is 0 Å². The zero-order valence-electron chi connectivity index (χ0n) is 12.5. The number of benzene rings is 1. The van der Waals surface area contributed by atoms with E-state index in [9.17, 15) is 9.59 Å². The first-order valence-electron chi connectivity index (χ1n) is 7.40. The Morgan fingerprint density at radius 2 is 2.09 bits per heavy atom. The number of rotatable bonds is 1. The lowest BCUT2D eigenvalue weighted by molar-refractivity contribution is -0.145. The number of thiophene rings is 1. The molecule has 1 aromatic carbocycles. The molecule has 4 nitrogen and oxygen atoms in total. The molecule has 118 valence electrons. The minimum absolute atomic E-state index is 0.00740. The summed E-state index contributed by atoms with van der Waals surface area (Å²) in [7, 11) is 0. The highest BCUT2D eigenvalue weighted by Crippen LogP contribution is 2.46. The number of carbonyl (C=O) groups is 2. The van der Waals surface area contributed by atoms with E-state index in [0.717, 1.165) is 21.6 Å². The van der Waals surface area contributed by atoms with Crippen LogP contribution >= 0.6 is 23.1 Å². The molecule has 0 N–H and O–H groups in total. The number of ether oxygens (including phenoxy) is 1. The largest absolute Gasteiger partial charge is 0.457 e. The molecule has 0 saturated heterocycles. The number of esters is 1. The SMILES string of the molecule is CC(=O)O[C@H]1CS[C@H]2c3ccccc3C(=O)N2Cc2sccc21. The Morgan fingerprint density at radius 3 is 2.91 bits per heavy atom. The number of fused-ring (bicyclic) bond motifs is 4. The van der Waals surface area contributed by atoms with Gasteiger partial charge in [0.25, 0.3) is 5.91 Å². The van der Waals surface area contributed by atoms with Crippen LogP contribution in [0, 0.1) is 0 Å². The van der Waals surface area contributed by atoms with Crippen LogP contribution < -0.4 is 0 Å². The molecule has 0 saturated carbocycles. The van der Waals surface area contributed by atoms with Crippen LogP contribution in [0.4, 0.5) is 0 Å². The van der Waals surface area contributed by atoms with Crippen molar-refractivity contribution in [1.82, 2.24) is 4.90 Å². The van der Waals surface area contributed by atoms with Crippen LogP contribution in [0.15, 0.2) is 35.7 Å². The maximum absolute atomic E-state index is 12.7. The van der Waals surface area contributed by atoms with E-state index in [1.807, 2.05) is 40.6 Å². The number of thioether (sulfide) groups is 1. The summed E-state index contributed by atoms with van der Waals surface area (Å²) in [6.07, 6.45) is -0.247. The quantitative estimate of drug-likeness (QED) is 0.739. The molecule has 6 heteroatoms. The molecule has 4 rings (SSSR count). The van der Waals surface area contributed by atoms with E-state index in [2.05, 4.69) is 0 Å². The molecule has 0 radical (unpaired) electrons. The predicted molar refractivity (Wildman–Crippen MR) is 90.3 cm³/mol. The summed E-state index contributed by atoms with van der Waals surface area (Å²) in [6.45, 7) is 2.01. The van der Waals surface area contributed by atoms with Crippen molar-refractivity contribution in [3.05, 3.63) is 57.3 Å². The summed E-state index contributed by atoms with van der Waals surface area (Å²) in [5.41, 5.74) is 2.87. The Labute approximate surface area is 142 Å². The third-order valence-corrected chi connectivity index (χ3v) is 6.40. The van der Waals surface area contributed by atoms with Crippen LogP contribution in [-0.4, -0.2) is 22.5 Å². The van der Waals surface area contributed by atoms with Crippen LogP contribution in [0.3, 0.4) is 0 Å². The fourth-order valence-electron chi connectivity index (χ4n) is 3.16. The van der Waals surface area contributed by atoms with Crippen molar-refractivity contribution in [3.63, 3.8) is 0 Å². The number of carbonyl (C=O) groups excluding carboxylic acids is 2. The Hall–Kier alpha value is -1.79. The average molecular weight is 345 g/mol. The topological polar surface area (TPSA) is 46.6 Å². The molecule has 2 aromatic rings. The second-order valence-corrected chi connectivity index (χ2v) is 7.72. The molecular weight excluding hydrogens is 330 g/mol. The van der Waals surface area contributed by atoms with Gasteiger partial charge in [0.15, 0.2) is 0 Å². The lowest BCUT2D eigenvalue weighted by atomic mass is 10.1. The first-order valence-corrected chi connectivity index (χ1v) is 9.33. The zero-order valence-corrected chi connectivity index (χ0v) is 14.2. The van der Waals surface area contributed by atoms with Crippen molar-refractivity contribution in [2.75, 3.05) is 5.75 Å². The molecule has 23 heavy (non-hydrogen) atoms. The van der Waals surface area contributed by atoms with Crippen molar-refractivity contribution in [3.8, 4) is 0 Å². The summed E-state index contributed by atoms with van der Waals surface area (Å²) in [5.74, 6) is 0.461. The molecule has 0 spiro atoms. The molecular formula is C17H15NO3S2. The van der Waals surface area contributed by atoms with Crippen LogP contribution in [-0.2, 0) is 16.1 Å². The minimum Gasteiger partial charge on any atom is -0.457 e. The lowest BCUT2D eigenvalue weighted by Crippen LogP contribution is -2.29. The summed E-state index contributed by atoms with van der Waals surface area (Å²) >= 11 is 3.28. The van der Waals surface area contributed by atoms with Crippen LogP contribution in [0.25, 0.3) is 0 Å². The highest BCUT2D eigenvalue weighted by molar-refractivity contribution is 7.99. The van der Waals surface area contributed by atoms with Gasteiger partial charge in [-0.25, -0.2) is 0 Å². The lowest BCUT2D eigenvalue weighted by Gasteiger charge is -2.30. The van der Waals surface area contributed by atoms with Gasteiger partial charge in [-0.1, -0.05) is 18.2 Å². The predicted octanol–water partition coefficient (Wildman–Crippen LogP) is 3.75. The fraction of sp³-hybridized carbons (Fsp3) is 0.294. The van der Waals surface area contributed by atoms with E-state index in [-0.39, 0.29) is 23.4 Å². The van der Waals surface area contributed by atoms with E-state index in [1.165, 1.54) is 6.92 Å². The van der Waals surface area contributed by atoms with Crippen molar-refractivity contribution in [2.45, 2.75) is 24.9 Å². The minimum atomic E-state index is -0.270. The van der Waals surface area contributed by atoms with Crippen molar-refractivity contribution in [1.29, 1.82) is 0 Å². The van der Waals surface area contributed by atoms with Gasteiger partial charge < -0.3 is 9.64 Å². The van der Waals surface area contributed by atoms with E-state index in [4.69, 9.17) is 4.74 Å². The molecule has 2 aliphatic rings. The fourth-order valence-corrected chi connectivity index (χ4v) is 5.43. The maximum atomic E-state index is 12.7. The van der Waals surface area contributed by atoms with Gasteiger partial charge >= 0.3 is 5.97 Å². The molecule has 0 unspecified atom stereocenters. The number of nitrogens with zero attached hydrogens (tertiary/aromatic N) is 1. The van der Waals surface area contributed by atoms with Gasteiger partial charge in [-0.3, -0.25) is 9.59 Å². The Kier molecular flexibility index (Phi) is 3.66. The van der Waals surface area contributed by atoms with E-state index in [0.29, 0.717) is 12.3 Å². The first kappa shape index (κ1) is 14.8. The van der Waals surface area contributed by atoms with Gasteiger partial charge in [-0.15, -0.1) is 23.1 Å². The van der Waals surface area contributed by atoms with Gasteiger partial charge in [-0.2, -0.15) is 0 Å². The second-order valence-electron chi connectivity index (χ2n) is 5.60. The molecule has 1 amide bonds. The smallest absolute Gasteiger partial charge is 0.303 e. The summed E-state index contributed by atoms with van der Waals surface area (Å²) in [5, 5.41) is 1.99. The number of amides is 1. The third kappa shape index (κ3) is 2.46. The Bertz CT molecular complexity index is 786. The molecule has 1 aromatic heterocycles. The van der Waals surface area contributed by atoms with Gasteiger partial charge in [0.2, 0.25) is 0 Å². The first-order chi connectivity index (χ1) is 11.1. The van der Waals surface area contributed by atoms with Gasteiger partial charge in [-0.05, 0) is 23.1 Å². The van der Waals surface area contributed by atoms with E-state index < -0.39 is 0 Å². The Balaban J connectivity index is 1.74.